The van der Waals surface area contributed by atoms with E-state index in [1.807, 2.05) is 6.07 Å². The molecule has 4 heteroatoms. The summed E-state index contributed by atoms with van der Waals surface area (Å²) in [7, 11) is 0. The molecule has 0 saturated carbocycles. The van der Waals surface area contributed by atoms with Gasteiger partial charge in [0.05, 0.1) is 12.0 Å². The molecule has 0 aromatic heterocycles. The summed E-state index contributed by atoms with van der Waals surface area (Å²) in [5.41, 5.74) is 3.29. The van der Waals surface area contributed by atoms with Crippen molar-refractivity contribution in [2.75, 3.05) is 0 Å². The molecule has 0 aliphatic heterocycles. The van der Waals surface area contributed by atoms with E-state index in [1.165, 1.54) is 6.92 Å². The summed E-state index contributed by atoms with van der Waals surface area (Å²) in [5, 5.41) is 18.3. The molecule has 0 fully saturated rings. The van der Waals surface area contributed by atoms with Crippen molar-refractivity contribution < 1.29 is 9.90 Å². The van der Waals surface area contributed by atoms with Gasteiger partial charge in [0, 0.05) is 0 Å². The van der Waals surface area contributed by atoms with Crippen LogP contribution in [-0.2, 0) is 4.79 Å². The molecular formula is C8H14N2O2. The Bertz CT molecular complexity index is 220. The quantitative estimate of drug-likeness (QED) is 0.625. The molecule has 12 heavy (non-hydrogen) atoms. The van der Waals surface area contributed by atoms with E-state index in [-0.39, 0.29) is 5.92 Å². The lowest BCUT2D eigenvalue weighted by Gasteiger charge is -2.30. The molecule has 0 spiro atoms. The molecule has 2 atom stereocenters. The van der Waals surface area contributed by atoms with Crippen molar-refractivity contribution in [3.63, 3.8) is 0 Å². The zero-order valence-corrected chi connectivity index (χ0v) is 7.53. The van der Waals surface area contributed by atoms with Crippen LogP contribution in [0.4, 0.5) is 0 Å². The third-order valence-electron chi connectivity index (χ3n) is 2.13. The molecule has 3 N–H and O–H groups in total. The van der Waals surface area contributed by atoms with Gasteiger partial charge in [-0.15, -0.1) is 0 Å². The predicted octanol–water partition coefficient (Wildman–Crippen LogP) is 0.0185. The normalized spacial score (nSPS) is 18.0. The van der Waals surface area contributed by atoms with Crippen LogP contribution in [-0.4, -0.2) is 16.6 Å². The summed E-state index contributed by atoms with van der Waals surface area (Å²) >= 11 is 0. The second-order valence-corrected chi connectivity index (χ2v) is 3.20. The number of carbonyl (C=O) groups excluding carboxylic acids is 1. The number of hydrogen-bond acceptors (Lipinski definition) is 3. The molecule has 1 unspecified atom stereocenters. The first-order valence-electron chi connectivity index (χ1n) is 3.79. The zero-order valence-electron chi connectivity index (χ0n) is 7.53. The Labute approximate surface area is 72.0 Å². The van der Waals surface area contributed by atoms with Crippen LogP contribution in [0.3, 0.4) is 0 Å². The van der Waals surface area contributed by atoms with Crippen LogP contribution in [0.5, 0.6) is 0 Å². The topological polar surface area (TPSA) is 87.1 Å². The van der Waals surface area contributed by atoms with Crippen LogP contribution in [0, 0.1) is 23.2 Å². The standard InChI is InChI=1S/C8H14N2O2/c1-5(2)8(12,7(10)11)6(3)4-9/h5-6,12H,1-3H3,(H2,10,11)/t6?,8-/m1/s1. The van der Waals surface area contributed by atoms with Crippen LogP contribution < -0.4 is 5.73 Å². The molecular weight excluding hydrogens is 156 g/mol. The molecule has 0 saturated heterocycles. The minimum Gasteiger partial charge on any atom is -0.378 e. The third-order valence-corrected chi connectivity index (χ3v) is 2.13. The van der Waals surface area contributed by atoms with Gasteiger partial charge in [-0.3, -0.25) is 4.79 Å². The van der Waals surface area contributed by atoms with E-state index in [1.54, 1.807) is 13.8 Å². The lowest BCUT2D eigenvalue weighted by atomic mass is 9.79. The number of hydrogen-bond donors (Lipinski definition) is 2. The Balaban J connectivity index is 4.90. The summed E-state index contributed by atoms with van der Waals surface area (Å²) in [6.45, 7) is 4.78. The van der Waals surface area contributed by atoms with Crippen molar-refractivity contribution >= 4 is 5.91 Å². The molecule has 0 aliphatic carbocycles. The summed E-state index contributed by atoms with van der Waals surface area (Å²) in [6, 6.07) is 1.82. The van der Waals surface area contributed by atoms with Gasteiger partial charge in [-0.2, -0.15) is 5.26 Å². The molecule has 0 rings (SSSR count). The average Bonchev–Trinajstić information content (AvgIpc) is 2.00. The maximum absolute atomic E-state index is 10.9. The van der Waals surface area contributed by atoms with Crippen LogP contribution >= 0.6 is 0 Å². The zero-order chi connectivity index (χ0) is 9.94. The van der Waals surface area contributed by atoms with Gasteiger partial charge in [0.25, 0.3) is 5.91 Å². The van der Waals surface area contributed by atoms with Gasteiger partial charge in [-0.25, -0.2) is 0 Å². The number of primary amides is 1. The number of carbonyl (C=O) groups is 1. The largest absolute Gasteiger partial charge is 0.378 e. The highest BCUT2D eigenvalue weighted by Crippen LogP contribution is 2.25. The predicted molar refractivity (Wildman–Crippen MR) is 43.8 cm³/mol. The summed E-state index contributed by atoms with van der Waals surface area (Å²) in [5.74, 6) is -1.98. The SMILES string of the molecule is CC(C)[C@](O)(C(N)=O)C(C)C#N. The maximum atomic E-state index is 10.9. The van der Waals surface area contributed by atoms with E-state index in [2.05, 4.69) is 0 Å². The van der Waals surface area contributed by atoms with Gasteiger partial charge in [0.1, 0.15) is 0 Å². The van der Waals surface area contributed by atoms with E-state index in [4.69, 9.17) is 11.0 Å². The van der Waals surface area contributed by atoms with E-state index >= 15 is 0 Å². The summed E-state index contributed by atoms with van der Waals surface area (Å²) in [4.78, 5) is 10.9. The Hall–Kier alpha value is -1.08. The maximum Gasteiger partial charge on any atom is 0.251 e. The van der Waals surface area contributed by atoms with Crippen molar-refractivity contribution in [1.29, 1.82) is 5.26 Å². The van der Waals surface area contributed by atoms with Crippen LogP contribution in [0.25, 0.3) is 0 Å². The van der Waals surface area contributed by atoms with E-state index < -0.39 is 17.4 Å². The van der Waals surface area contributed by atoms with Gasteiger partial charge in [0.2, 0.25) is 0 Å². The first kappa shape index (κ1) is 10.9. The highest BCUT2D eigenvalue weighted by atomic mass is 16.3. The Morgan fingerprint density at radius 3 is 2.08 bits per heavy atom. The second kappa shape index (κ2) is 3.55. The fourth-order valence-electron chi connectivity index (χ4n) is 1.10. The number of amides is 1. The molecule has 4 nitrogen and oxygen atoms in total. The number of rotatable bonds is 3. The van der Waals surface area contributed by atoms with Gasteiger partial charge in [-0.1, -0.05) is 13.8 Å². The van der Waals surface area contributed by atoms with E-state index in [0.717, 1.165) is 0 Å². The third kappa shape index (κ3) is 1.56. The second-order valence-electron chi connectivity index (χ2n) is 3.20. The smallest absolute Gasteiger partial charge is 0.251 e. The number of nitriles is 1. The van der Waals surface area contributed by atoms with Gasteiger partial charge >= 0.3 is 0 Å². The number of aliphatic hydroxyl groups is 1. The van der Waals surface area contributed by atoms with Crippen molar-refractivity contribution in [3.8, 4) is 6.07 Å². The molecule has 1 amide bonds. The fraction of sp³-hybridized carbons (Fsp3) is 0.750. The Morgan fingerprint density at radius 1 is 1.58 bits per heavy atom. The highest BCUT2D eigenvalue weighted by Gasteiger charge is 2.43. The molecule has 68 valence electrons. The van der Waals surface area contributed by atoms with Crippen molar-refractivity contribution in [2.45, 2.75) is 26.4 Å². The molecule has 0 heterocycles. The Kier molecular flexibility index (Phi) is 3.23. The lowest BCUT2D eigenvalue weighted by molar-refractivity contribution is -0.145. The van der Waals surface area contributed by atoms with Crippen LogP contribution in [0.15, 0.2) is 0 Å². The first-order chi connectivity index (χ1) is 5.37. The number of nitrogens with two attached hydrogens (primary N) is 1. The van der Waals surface area contributed by atoms with Gasteiger partial charge in [0.15, 0.2) is 5.60 Å². The van der Waals surface area contributed by atoms with Crippen molar-refractivity contribution in [1.82, 2.24) is 0 Å². The fourth-order valence-corrected chi connectivity index (χ4v) is 1.10. The van der Waals surface area contributed by atoms with Crippen molar-refractivity contribution in [2.24, 2.45) is 17.6 Å². The van der Waals surface area contributed by atoms with Gasteiger partial charge in [-0.05, 0) is 12.8 Å². The summed E-state index contributed by atoms with van der Waals surface area (Å²) in [6.07, 6.45) is 0. The lowest BCUT2D eigenvalue weighted by Crippen LogP contribution is -2.52. The minimum atomic E-state index is -1.71. The van der Waals surface area contributed by atoms with Crippen LogP contribution in [0.1, 0.15) is 20.8 Å². The first-order valence-corrected chi connectivity index (χ1v) is 3.79. The van der Waals surface area contributed by atoms with Crippen molar-refractivity contribution in [3.05, 3.63) is 0 Å². The summed E-state index contributed by atoms with van der Waals surface area (Å²) < 4.78 is 0. The molecule has 0 aromatic rings. The molecule has 0 aliphatic rings. The number of nitrogens with zero attached hydrogens (tertiary/aromatic N) is 1. The molecule has 0 aromatic carbocycles. The van der Waals surface area contributed by atoms with E-state index in [0.29, 0.717) is 0 Å². The van der Waals surface area contributed by atoms with E-state index in [9.17, 15) is 9.90 Å². The monoisotopic (exact) mass is 170 g/mol. The minimum absolute atomic E-state index is 0.357. The Morgan fingerprint density at radius 2 is 2.00 bits per heavy atom. The van der Waals surface area contributed by atoms with Crippen LogP contribution in [0.2, 0.25) is 0 Å². The van der Waals surface area contributed by atoms with Gasteiger partial charge < -0.3 is 10.8 Å². The molecule has 0 bridgehead atoms. The highest BCUT2D eigenvalue weighted by molar-refractivity contribution is 5.84. The average molecular weight is 170 g/mol. The molecule has 0 radical (unpaired) electrons.